The van der Waals surface area contributed by atoms with Gasteiger partial charge in [0.1, 0.15) is 22.7 Å². The molecule has 0 saturated carbocycles. The van der Waals surface area contributed by atoms with E-state index in [-0.39, 0.29) is 34.4 Å². The number of aromatic nitrogens is 3. The van der Waals surface area contributed by atoms with Crippen molar-refractivity contribution in [1.82, 2.24) is 24.2 Å². The number of nitrogens with zero attached hydrogens (tertiary/aromatic N) is 5. The number of carbonyl (C=O) groups excluding carboxylic acids is 2. The highest BCUT2D eigenvalue weighted by atomic mass is 19.1. The largest absolute Gasteiger partial charge is 0.369 e. The number of benzene rings is 1. The summed E-state index contributed by atoms with van der Waals surface area (Å²) in [7, 11) is 0. The number of imidazole rings is 1. The Kier molecular flexibility index (Phi) is 4.56. The van der Waals surface area contributed by atoms with Crippen LogP contribution >= 0.6 is 0 Å². The van der Waals surface area contributed by atoms with Crippen LogP contribution in [0.15, 0.2) is 24.4 Å². The first kappa shape index (κ1) is 19.7. The highest BCUT2D eigenvalue weighted by Crippen LogP contribution is 2.40. The zero-order valence-electron chi connectivity index (χ0n) is 17.5. The second kappa shape index (κ2) is 7.18. The summed E-state index contributed by atoms with van der Waals surface area (Å²) in [6, 6.07) is 4.63. The molecule has 0 unspecified atom stereocenters. The SMILES string of the molecule is CC(=O)N1CCCC2(CCN(C(=O)c3cn4c(N)nc5c(F)cccc5c4n3)CC2)C1. The van der Waals surface area contributed by atoms with Gasteiger partial charge in [-0.2, -0.15) is 0 Å². The van der Waals surface area contributed by atoms with Crippen molar-refractivity contribution in [3.8, 4) is 0 Å². The molecule has 2 N–H and O–H groups in total. The summed E-state index contributed by atoms with van der Waals surface area (Å²) in [6.45, 7) is 4.48. The average Bonchev–Trinajstić information content (AvgIpc) is 3.21. The summed E-state index contributed by atoms with van der Waals surface area (Å²) in [4.78, 5) is 37.4. The Morgan fingerprint density at radius 3 is 2.61 bits per heavy atom. The van der Waals surface area contributed by atoms with Crippen molar-refractivity contribution in [3.63, 3.8) is 0 Å². The molecule has 2 saturated heterocycles. The monoisotopic (exact) mass is 424 g/mol. The minimum atomic E-state index is -0.476. The summed E-state index contributed by atoms with van der Waals surface area (Å²) in [5, 5.41) is 0.511. The Morgan fingerprint density at radius 2 is 1.87 bits per heavy atom. The van der Waals surface area contributed by atoms with E-state index < -0.39 is 5.82 Å². The van der Waals surface area contributed by atoms with E-state index in [1.54, 1.807) is 25.3 Å². The van der Waals surface area contributed by atoms with E-state index in [9.17, 15) is 14.0 Å². The Labute approximate surface area is 178 Å². The second-order valence-electron chi connectivity index (χ2n) is 8.76. The topological polar surface area (TPSA) is 96.8 Å². The van der Waals surface area contributed by atoms with E-state index >= 15 is 0 Å². The molecule has 0 bridgehead atoms. The van der Waals surface area contributed by atoms with Crippen LogP contribution in [0.1, 0.15) is 43.1 Å². The smallest absolute Gasteiger partial charge is 0.274 e. The van der Waals surface area contributed by atoms with Crippen LogP contribution in [0, 0.1) is 11.2 Å². The molecule has 4 heterocycles. The van der Waals surface area contributed by atoms with Gasteiger partial charge in [0.15, 0.2) is 0 Å². The summed E-state index contributed by atoms with van der Waals surface area (Å²) < 4.78 is 15.7. The van der Waals surface area contributed by atoms with E-state index in [1.165, 1.54) is 10.5 Å². The van der Waals surface area contributed by atoms with Gasteiger partial charge in [-0.3, -0.25) is 14.0 Å². The lowest BCUT2D eigenvalue weighted by molar-refractivity contribution is -0.133. The molecule has 8 nitrogen and oxygen atoms in total. The van der Waals surface area contributed by atoms with E-state index in [0.717, 1.165) is 38.8 Å². The summed E-state index contributed by atoms with van der Waals surface area (Å²) >= 11 is 0. The molecular formula is C22H25FN6O2. The third-order valence-corrected chi connectivity index (χ3v) is 6.84. The number of halogens is 1. The maximum absolute atomic E-state index is 14.1. The van der Waals surface area contributed by atoms with Gasteiger partial charge < -0.3 is 15.5 Å². The number of carbonyl (C=O) groups is 2. The summed E-state index contributed by atoms with van der Waals surface area (Å²) in [5.74, 6) is -0.432. The van der Waals surface area contributed by atoms with Gasteiger partial charge in [-0.15, -0.1) is 0 Å². The number of fused-ring (bicyclic) bond motifs is 3. The number of likely N-dealkylation sites (tertiary alicyclic amines) is 2. The van der Waals surface area contributed by atoms with Crippen molar-refractivity contribution < 1.29 is 14.0 Å². The molecule has 1 aromatic carbocycles. The van der Waals surface area contributed by atoms with E-state index in [0.29, 0.717) is 24.1 Å². The van der Waals surface area contributed by atoms with Crippen LogP contribution in [0.4, 0.5) is 10.3 Å². The molecule has 2 aliphatic rings. The predicted molar refractivity (Wildman–Crippen MR) is 114 cm³/mol. The number of piperidine rings is 2. The Balaban J connectivity index is 1.39. The van der Waals surface area contributed by atoms with Crippen molar-refractivity contribution in [1.29, 1.82) is 0 Å². The van der Waals surface area contributed by atoms with Crippen LogP contribution in [0.2, 0.25) is 0 Å². The van der Waals surface area contributed by atoms with E-state index in [1.807, 2.05) is 9.80 Å². The maximum Gasteiger partial charge on any atom is 0.274 e. The van der Waals surface area contributed by atoms with Crippen LogP contribution in [0.25, 0.3) is 16.6 Å². The minimum Gasteiger partial charge on any atom is -0.369 e. The van der Waals surface area contributed by atoms with E-state index in [4.69, 9.17) is 5.73 Å². The lowest BCUT2D eigenvalue weighted by Gasteiger charge is -2.47. The number of rotatable bonds is 1. The molecule has 2 amide bonds. The van der Waals surface area contributed by atoms with Gasteiger partial charge in [0.05, 0.1) is 0 Å². The highest BCUT2D eigenvalue weighted by molar-refractivity contribution is 5.97. The molecule has 2 fully saturated rings. The standard InChI is InChI=1S/C22H25FN6O2/c1-14(30)28-9-3-6-22(13-28)7-10-27(11-8-22)20(31)17-12-29-19(25-17)15-4-2-5-16(23)18(15)26-21(29)24/h2,4-5,12H,3,6-11,13H2,1H3,(H2,24,26). The molecule has 0 atom stereocenters. The second-order valence-corrected chi connectivity index (χ2v) is 8.76. The molecule has 2 aliphatic heterocycles. The van der Waals surface area contributed by atoms with Crippen molar-refractivity contribution in [3.05, 3.63) is 35.9 Å². The third-order valence-electron chi connectivity index (χ3n) is 6.84. The molecule has 9 heteroatoms. The lowest BCUT2D eigenvalue weighted by Crippen LogP contribution is -2.51. The van der Waals surface area contributed by atoms with Crippen LogP contribution in [0.5, 0.6) is 0 Å². The molecular weight excluding hydrogens is 399 g/mol. The first-order valence-electron chi connectivity index (χ1n) is 10.6. The number of amides is 2. The van der Waals surface area contributed by atoms with E-state index in [2.05, 4.69) is 9.97 Å². The number of anilines is 1. The van der Waals surface area contributed by atoms with Gasteiger partial charge in [0, 0.05) is 44.7 Å². The summed E-state index contributed by atoms with van der Waals surface area (Å²) in [6.07, 6.45) is 5.41. The van der Waals surface area contributed by atoms with Crippen molar-refractivity contribution >= 4 is 34.3 Å². The fourth-order valence-corrected chi connectivity index (χ4v) is 5.06. The van der Waals surface area contributed by atoms with Crippen LogP contribution in [-0.4, -0.2) is 62.2 Å². The third kappa shape index (κ3) is 3.28. The van der Waals surface area contributed by atoms with Crippen molar-refractivity contribution in [2.45, 2.75) is 32.6 Å². The first-order chi connectivity index (χ1) is 14.9. The fraction of sp³-hybridized carbons (Fsp3) is 0.455. The Morgan fingerprint density at radius 1 is 1.10 bits per heavy atom. The van der Waals surface area contributed by atoms with Crippen LogP contribution in [0.3, 0.4) is 0 Å². The molecule has 0 radical (unpaired) electrons. The average molecular weight is 424 g/mol. The first-order valence-corrected chi connectivity index (χ1v) is 10.6. The van der Waals surface area contributed by atoms with Gasteiger partial charge in [-0.05, 0) is 43.2 Å². The highest BCUT2D eigenvalue weighted by Gasteiger charge is 2.40. The van der Waals surface area contributed by atoms with Gasteiger partial charge in [0.2, 0.25) is 11.9 Å². The lowest BCUT2D eigenvalue weighted by atomic mass is 9.72. The molecule has 5 rings (SSSR count). The van der Waals surface area contributed by atoms with Crippen molar-refractivity contribution in [2.24, 2.45) is 5.41 Å². The van der Waals surface area contributed by atoms with Crippen LogP contribution in [-0.2, 0) is 4.79 Å². The number of nitrogen functional groups attached to an aromatic ring is 1. The molecule has 31 heavy (non-hydrogen) atoms. The van der Waals surface area contributed by atoms with Gasteiger partial charge in [0.25, 0.3) is 5.91 Å². The number of hydrogen-bond donors (Lipinski definition) is 1. The van der Waals surface area contributed by atoms with Gasteiger partial charge >= 0.3 is 0 Å². The normalized spacial score (nSPS) is 18.8. The van der Waals surface area contributed by atoms with Gasteiger partial charge in [-0.1, -0.05) is 6.07 Å². The maximum atomic E-state index is 14.1. The quantitative estimate of drug-likeness (QED) is 0.647. The van der Waals surface area contributed by atoms with Crippen LogP contribution < -0.4 is 5.73 Å². The van der Waals surface area contributed by atoms with Gasteiger partial charge in [-0.25, -0.2) is 14.4 Å². The Hall–Kier alpha value is -3.23. The van der Waals surface area contributed by atoms with Crippen molar-refractivity contribution in [2.75, 3.05) is 31.9 Å². The minimum absolute atomic E-state index is 0.0864. The number of nitrogens with two attached hydrogens (primary N) is 1. The fourth-order valence-electron chi connectivity index (χ4n) is 5.06. The number of para-hydroxylation sites is 1. The molecule has 2 aromatic heterocycles. The molecule has 1 spiro atoms. The summed E-state index contributed by atoms with van der Waals surface area (Å²) in [5.41, 5.74) is 6.94. The Bertz CT molecular complexity index is 1200. The molecule has 0 aliphatic carbocycles. The zero-order chi connectivity index (χ0) is 21.8. The number of hydrogen-bond acceptors (Lipinski definition) is 5. The zero-order valence-corrected chi connectivity index (χ0v) is 17.5. The molecule has 162 valence electrons. The predicted octanol–water partition coefficient (Wildman–Crippen LogP) is 2.47. The molecule has 3 aromatic rings.